The summed E-state index contributed by atoms with van der Waals surface area (Å²) in [7, 11) is 0. The number of imide groups is 1. The zero-order chi connectivity index (χ0) is 8.43. The highest BCUT2D eigenvalue weighted by atomic mass is 16.2. The summed E-state index contributed by atoms with van der Waals surface area (Å²) in [6.07, 6.45) is 2.20. The van der Waals surface area contributed by atoms with Crippen LogP contribution in [0.5, 0.6) is 0 Å². The summed E-state index contributed by atoms with van der Waals surface area (Å²) < 4.78 is 0. The summed E-state index contributed by atoms with van der Waals surface area (Å²) in [6, 6.07) is 0. The van der Waals surface area contributed by atoms with Gasteiger partial charge in [0, 0.05) is 19.0 Å². The number of nitrogens with zero attached hydrogens (tertiary/aromatic N) is 1. The molecule has 0 saturated carbocycles. The Bertz CT molecular complexity index is 192. The third kappa shape index (κ3) is 1.48. The second-order valence-corrected chi connectivity index (χ2v) is 2.85. The first-order valence-electron chi connectivity index (χ1n) is 3.62. The SMILES string of the molecule is C=CN1C(=O)CC(C)CC1=O. The lowest BCUT2D eigenvalue weighted by Gasteiger charge is -2.24. The largest absolute Gasteiger partial charge is 0.274 e. The van der Waals surface area contributed by atoms with Crippen molar-refractivity contribution in [2.45, 2.75) is 19.8 Å². The van der Waals surface area contributed by atoms with Crippen LogP contribution in [-0.2, 0) is 9.59 Å². The lowest BCUT2D eigenvalue weighted by molar-refractivity contribution is -0.146. The summed E-state index contributed by atoms with van der Waals surface area (Å²) in [5, 5.41) is 0. The minimum Gasteiger partial charge on any atom is -0.274 e. The molecule has 0 N–H and O–H groups in total. The molecule has 0 aliphatic carbocycles. The Labute approximate surface area is 65.7 Å². The third-order valence-electron chi connectivity index (χ3n) is 1.77. The molecule has 0 spiro atoms. The zero-order valence-corrected chi connectivity index (χ0v) is 6.54. The van der Waals surface area contributed by atoms with Gasteiger partial charge in [0.2, 0.25) is 11.8 Å². The van der Waals surface area contributed by atoms with Crippen LogP contribution in [0.1, 0.15) is 19.8 Å². The summed E-state index contributed by atoms with van der Waals surface area (Å²) in [5.74, 6) is -0.0845. The van der Waals surface area contributed by atoms with Gasteiger partial charge in [0.15, 0.2) is 0 Å². The summed E-state index contributed by atoms with van der Waals surface area (Å²) in [4.78, 5) is 23.3. The van der Waals surface area contributed by atoms with E-state index in [1.54, 1.807) is 0 Å². The van der Waals surface area contributed by atoms with Crippen LogP contribution in [0.15, 0.2) is 12.8 Å². The number of rotatable bonds is 1. The Morgan fingerprint density at radius 2 is 1.91 bits per heavy atom. The first kappa shape index (κ1) is 7.98. The Hall–Kier alpha value is -1.12. The number of carbonyl (C=O) groups is 2. The van der Waals surface area contributed by atoms with Crippen molar-refractivity contribution in [3.8, 4) is 0 Å². The topological polar surface area (TPSA) is 37.4 Å². The van der Waals surface area contributed by atoms with Crippen molar-refractivity contribution >= 4 is 11.8 Å². The molecule has 0 aromatic rings. The molecule has 2 amide bonds. The summed E-state index contributed by atoms with van der Waals surface area (Å²) in [5.41, 5.74) is 0. The van der Waals surface area contributed by atoms with E-state index in [0.29, 0.717) is 12.8 Å². The van der Waals surface area contributed by atoms with E-state index in [-0.39, 0.29) is 17.7 Å². The molecule has 1 heterocycles. The molecule has 3 heteroatoms. The molecule has 3 nitrogen and oxygen atoms in total. The van der Waals surface area contributed by atoms with Crippen LogP contribution in [-0.4, -0.2) is 16.7 Å². The van der Waals surface area contributed by atoms with Gasteiger partial charge in [-0.15, -0.1) is 0 Å². The highest BCUT2D eigenvalue weighted by molar-refractivity contribution is 5.98. The van der Waals surface area contributed by atoms with Gasteiger partial charge in [0.25, 0.3) is 0 Å². The predicted molar refractivity (Wildman–Crippen MR) is 40.4 cm³/mol. The maximum Gasteiger partial charge on any atom is 0.233 e. The van der Waals surface area contributed by atoms with E-state index in [4.69, 9.17) is 0 Å². The van der Waals surface area contributed by atoms with E-state index >= 15 is 0 Å². The van der Waals surface area contributed by atoms with Gasteiger partial charge >= 0.3 is 0 Å². The Kier molecular flexibility index (Phi) is 2.08. The summed E-state index contributed by atoms with van der Waals surface area (Å²) in [6.45, 7) is 5.29. The van der Waals surface area contributed by atoms with Gasteiger partial charge in [0.1, 0.15) is 0 Å². The smallest absolute Gasteiger partial charge is 0.233 e. The fraction of sp³-hybridized carbons (Fsp3) is 0.500. The minimum absolute atomic E-state index is 0.135. The molecule has 0 atom stereocenters. The van der Waals surface area contributed by atoms with Crippen LogP contribution in [0.25, 0.3) is 0 Å². The molecule has 11 heavy (non-hydrogen) atoms. The van der Waals surface area contributed by atoms with Gasteiger partial charge in [-0.1, -0.05) is 13.5 Å². The van der Waals surface area contributed by atoms with Gasteiger partial charge in [-0.2, -0.15) is 0 Å². The maximum atomic E-state index is 11.1. The quantitative estimate of drug-likeness (QED) is 0.525. The number of likely N-dealkylation sites (tertiary alicyclic amines) is 1. The maximum absolute atomic E-state index is 11.1. The van der Waals surface area contributed by atoms with Crippen molar-refractivity contribution in [2.24, 2.45) is 5.92 Å². The highest BCUT2D eigenvalue weighted by Gasteiger charge is 2.27. The monoisotopic (exact) mass is 153 g/mol. The van der Waals surface area contributed by atoms with Crippen molar-refractivity contribution in [1.29, 1.82) is 0 Å². The molecule has 1 saturated heterocycles. The van der Waals surface area contributed by atoms with Gasteiger partial charge in [-0.05, 0) is 5.92 Å². The van der Waals surface area contributed by atoms with Crippen LogP contribution in [0.3, 0.4) is 0 Å². The van der Waals surface area contributed by atoms with Crippen molar-refractivity contribution in [2.75, 3.05) is 0 Å². The van der Waals surface area contributed by atoms with Crippen molar-refractivity contribution in [3.05, 3.63) is 12.8 Å². The Balaban J connectivity index is 2.74. The molecule has 60 valence electrons. The standard InChI is InChI=1S/C8H11NO2/c1-3-9-7(10)4-6(2)5-8(9)11/h3,6H,1,4-5H2,2H3. The Morgan fingerprint density at radius 1 is 1.45 bits per heavy atom. The van der Waals surface area contributed by atoms with Crippen LogP contribution >= 0.6 is 0 Å². The molecule has 0 unspecified atom stereocenters. The van der Waals surface area contributed by atoms with Crippen LogP contribution < -0.4 is 0 Å². The molecular weight excluding hydrogens is 142 g/mol. The average Bonchev–Trinajstić information content (AvgIpc) is 1.85. The third-order valence-corrected chi connectivity index (χ3v) is 1.77. The van der Waals surface area contributed by atoms with Gasteiger partial charge < -0.3 is 0 Å². The van der Waals surface area contributed by atoms with Gasteiger partial charge in [-0.3, -0.25) is 14.5 Å². The average molecular weight is 153 g/mol. The number of amides is 2. The number of piperidine rings is 1. The molecule has 0 bridgehead atoms. The molecular formula is C8H11NO2. The molecule has 1 fully saturated rings. The van der Waals surface area contributed by atoms with Crippen LogP contribution in [0.2, 0.25) is 0 Å². The fourth-order valence-corrected chi connectivity index (χ4v) is 1.21. The van der Waals surface area contributed by atoms with E-state index in [1.807, 2.05) is 6.92 Å². The predicted octanol–water partition coefficient (Wildman–Crippen LogP) is 0.915. The molecule has 1 aliphatic heterocycles. The molecule has 1 aliphatic rings. The van der Waals surface area contributed by atoms with Gasteiger partial charge in [0.05, 0.1) is 0 Å². The first-order chi connectivity index (χ1) is 5.15. The van der Waals surface area contributed by atoms with E-state index in [1.165, 1.54) is 6.20 Å². The Morgan fingerprint density at radius 3 is 2.27 bits per heavy atom. The minimum atomic E-state index is -0.135. The lowest BCUT2D eigenvalue weighted by atomic mass is 9.98. The van der Waals surface area contributed by atoms with Crippen LogP contribution in [0.4, 0.5) is 0 Å². The van der Waals surface area contributed by atoms with E-state index in [9.17, 15) is 9.59 Å². The van der Waals surface area contributed by atoms with E-state index in [2.05, 4.69) is 6.58 Å². The molecule has 0 aromatic carbocycles. The fourth-order valence-electron chi connectivity index (χ4n) is 1.21. The zero-order valence-electron chi connectivity index (χ0n) is 6.54. The second kappa shape index (κ2) is 2.86. The van der Waals surface area contributed by atoms with Gasteiger partial charge in [-0.25, -0.2) is 0 Å². The normalized spacial score (nSPS) is 20.6. The highest BCUT2D eigenvalue weighted by Crippen LogP contribution is 2.18. The molecule has 0 aromatic heterocycles. The number of hydrogen-bond donors (Lipinski definition) is 0. The molecule has 1 rings (SSSR count). The number of carbonyl (C=O) groups excluding carboxylic acids is 2. The van der Waals surface area contributed by atoms with E-state index in [0.717, 1.165) is 4.90 Å². The van der Waals surface area contributed by atoms with Crippen LogP contribution in [0, 0.1) is 5.92 Å². The number of hydrogen-bond acceptors (Lipinski definition) is 2. The first-order valence-corrected chi connectivity index (χ1v) is 3.62. The van der Waals surface area contributed by atoms with E-state index < -0.39 is 0 Å². The lowest BCUT2D eigenvalue weighted by Crippen LogP contribution is -2.38. The van der Waals surface area contributed by atoms with Crippen molar-refractivity contribution in [1.82, 2.24) is 4.90 Å². The molecule has 0 radical (unpaired) electrons. The van der Waals surface area contributed by atoms with Crippen molar-refractivity contribution in [3.63, 3.8) is 0 Å². The van der Waals surface area contributed by atoms with Crippen molar-refractivity contribution < 1.29 is 9.59 Å². The summed E-state index contributed by atoms with van der Waals surface area (Å²) >= 11 is 0. The second-order valence-electron chi connectivity index (χ2n) is 2.85.